The Balaban J connectivity index is 4.31. The van der Waals surface area contributed by atoms with E-state index < -0.39 is 0 Å². The molecule has 0 unspecified atom stereocenters. The van der Waals surface area contributed by atoms with Gasteiger partial charge in [0.2, 0.25) is 0 Å². The Bertz CT molecular complexity index is 199. The molecule has 76 valence electrons. The number of allylic oxidation sites excluding steroid dienone is 4. The van der Waals surface area contributed by atoms with Crippen molar-refractivity contribution in [2.24, 2.45) is 0 Å². The zero-order valence-electron chi connectivity index (χ0n) is 9.28. The maximum absolute atomic E-state index is 6.05. The Morgan fingerprint density at radius 2 is 1.62 bits per heavy atom. The van der Waals surface area contributed by atoms with Gasteiger partial charge in [0.1, 0.15) is 0 Å². The molecular weight excluding hydrogens is 180 g/mol. The molecule has 0 bridgehead atoms. The summed E-state index contributed by atoms with van der Waals surface area (Å²) in [6.45, 7) is 8.68. The van der Waals surface area contributed by atoms with Crippen LogP contribution in [0.15, 0.2) is 22.3 Å². The highest BCUT2D eigenvalue weighted by Gasteiger charge is 1.95. The standard InChI is InChI=1S/C12H21Cl/c1-5-7-10(3)11(4)9-12(13)8-6-2/h9H,5-8H2,1-4H3/b11-10+,12-9+. The van der Waals surface area contributed by atoms with Gasteiger partial charge in [-0.05, 0) is 32.8 Å². The van der Waals surface area contributed by atoms with Crippen molar-refractivity contribution in [3.8, 4) is 0 Å². The summed E-state index contributed by atoms with van der Waals surface area (Å²) in [7, 11) is 0. The van der Waals surface area contributed by atoms with Gasteiger partial charge in [-0.25, -0.2) is 0 Å². The Morgan fingerprint density at radius 1 is 1.08 bits per heavy atom. The largest absolute Gasteiger partial charge is 0.0891 e. The minimum absolute atomic E-state index is 0.982. The van der Waals surface area contributed by atoms with Crippen LogP contribution in [-0.2, 0) is 0 Å². The molecule has 0 rings (SSSR count). The molecule has 0 nitrogen and oxygen atoms in total. The molecule has 0 aliphatic rings. The fraction of sp³-hybridized carbons (Fsp3) is 0.667. The molecule has 0 saturated carbocycles. The summed E-state index contributed by atoms with van der Waals surface area (Å²) in [6, 6.07) is 0. The first-order chi connectivity index (χ1) is 6.11. The highest BCUT2D eigenvalue weighted by Crippen LogP contribution is 2.17. The van der Waals surface area contributed by atoms with E-state index in [1.807, 2.05) is 0 Å². The van der Waals surface area contributed by atoms with Crippen LogP contribution in [-0.4, -0.2) is 0 Å². The van der Waals surface area contributed by atoms with Gasteiger partial charge >= 0.3 is 0 Å². The number of hydrogen-bond donors (Lipinski definition) is 0. The van der Waals surface area contributed by atoms with Crippen molar-refractivity contribution in [1.29, 1.82) is 0 Å². The third kappa shape index (κ3) is 5.93. The molecule has 1 heteroatoms. The molecule has 13 heavy (non-hydrogen) atoms. The maximum Gasteiger partial charge on any atom is 0.0183 e. The van der Waals surface area contributed by atoms with E-state index in [4.69, 9.17) is 11.6 Å². The van der Waals surface area contributed by atoms with Crippen molar-refractivity contribution in [3.63, 3.8) is 0 Å². The SMILES string of the molecule is CCC/C(Cl)=C\C(C)=C(/C)CCC. The first-order valence-electron chi connectivity index (χ1n) is 5.14. The highest BCUT2D eigenvalue weighted by atomic mass is 35.5. The predicted octanol–water partition coefficient (Wildman–Crippen LogP) is 5.05. The molecular formula is C12H21Cl. The van der Waals surface area contributed by atoms with Crippen molar-refractivity contribution >= 4 is 11.6 Å². The Labute approximate surface area is 87.7 Å². The fourth-order valence-corrected chi connectivity index (χ4v) is 1.59. The van der Waals surface area contributed by atoms with E-state index in [0.717, 1.165) is 17.9 Å². The van der Waals surface area contributed by atoms with Crippen molar-refractivity contribution in [3.05, 3.63) is 22.3 Å². The van der Waals surface area contributed by atoms with Crippen LogP contribution in [0, 0.1) is 0 Å². The topological polar surface area (TPSA) is 0 Å². The summed E-state index contributed by atoms with van der Waals surface area (Å²) in [6.07, 6.45) is 6.62. The molecule has 0 spiro atoms. The second-order valence-electron chi connectivity index (χ2n) is 3.55. The van der Waals surface area contributed by atoms with Gasteiger partial charge in [0.15, 0.2) is 0 Å². The average Bonchev–Trinajstić information content (AvgIpc) is 2.05. The summed E-state index contributed by atoms with van der Waals surface area (Å²) >= 11 is 6.05. The van der Waals surface area contributed by atoms with Crippen molar-refractivity contribution in [2.45, 2.75) is 53.4 Å². The first kappa shape index (κ1) is 12.8. The van der Waals surface area contributed by atoms with E-state index in [-0.39, 0.29) is 0 Å². The summed E-state index contributed by atoms with van der Waals surface area (Å²) < 4.78 is 0. The lowest BCUT2D eigenvalue weighted by Gasteiger charge is -2.03. The molecule has 0 fully saturated rings. The molecule has 0 aromatic carbocycles. The minimum atomic E-state index is 0.982. The minimum Gasteiger partial charge on any atom is -0.0891 e. The van der Waals surface area contributed by atoms with Crippen LogP contribution in [0.2, 0.25) is 0 Å². The zero-order chi connectivity index (χ0) is 10.3. The summed E-state index contributed by atoms with van der Waals surface area (Å²) in [4.78, 5) is 0. The van der Waals surface area contributed by atoms with Gasteiger partial charge in [0.05, 0.1) is 0 Å². The summed E-state index contributed by atoms with van der Waals surface area (Å²) in [5, 5.41) is 0.982. The van der Waals surface area contributed by atoms with Crippen LogP contribution >= 0.6 is 11.6 Å². The van der Waals surface area contributed by atoms with Gasteiger partial charge in [0.25, 0.3) is 0 Å². The summed E-state index contributed by atoms with van der Waals surface area (Å²) in [5.41, 5.74) is 2.79. The Hall–Kier alpha value is -0.230. The number of hydrogen-bond acceptors (Lipinski definition) is 0. The highest BCUT2D eigenvalue weighted by molar-refractivity contribution is 6.29. The van der Waals surface area contributed by atoms with E-state index in [2.05, 4.69) is 33.8 Å². The first-order valence-corrected chi connectivity index (χ1v) is 5.52. The Kier molecular flexibility index (Phi) is 7.07. The Morgan fingerprint density at radius 3 is 2.08 bits per heavy atom. The van der Waals surface area contributed by atoms with Crippen LogP contribution in [0.3, 0.4) is 0 Å². The molecule has 0 atom stereocenters. The van der Waals surface area contributed by atoms with Crippen LogP contribution in [0.5, 0.6) is 0 Å². The van der Waals surface area contributed by atoms with Gasteiger partial charge in [-0.15, -0.1) is 0 Å². The second-order valence-corrected chi connectivity index (χ2v) is 4.04. The monoisotopic (exact) mass is 200 g/mol. The van der Waals surface area contributed by atoms with Gasteiger partial charge in [-0.2, -0.15) is 0 Å². The molecule has 0 saturated heterocycles. The maximum atomic E-state index is 6.05. The van der Waals surface area contributed by atoms with Gasteiger partial charge in [0, 0.05) is 5.03 Å². The van der Waals surface area contributed by atoms with E-state index in [1.54, 1.807) is 0 Å². The normalized spacial score (nSPS) is 14.4. The van der Waals surface area contributed by atoms with E-state index in [0.29, 0.717) is 0 Å². The summed E-state index contributed by atoms with van der Waals surface area (Å²) in [5.74, 6) is 0. The van der Waals surface area contributed by atoms with Gasteiger partial charge in [-0.1, -0.05) is 49.4 Å². The molecule has 0 amide bonds. The second kappa shape index (κ2) is 7.20. The van der Waals surface area contributed by atoms with Crippen molar-refractivity contribution < 1.29 is 0 Å². The quantitative estimate of drug-likeness (QED) is 0.545. The molecule has 0 aromatic rings. The lowest BCUT2D eigenvalue weighted by Crippen LogP contribution is -1.82. The van der Waals surface area contributed by atoms with Crippen LogP contribution in [0.4, 0.5) is 0 Å². The predicted molar refractivity (Wildman–Crippen MR) is 62.1 cm³/mol. The zero-order valence-corrected chi connectivity index (χ0v) is 10.0. The van der Waals surface area contributed by atoms with E-state index >= 15 is 0 Å². The smallest absolute Gasteiger partial charge is 0.0183 e. The number of rotatable bonds is 5. The van der Waals surface area contributed by atoms with Crippen LogP contribution in [0.25, 0.3) is 0 Å². The lowest BCUT2D eigenvalue weighted by atomic mass is 10.1. The molecule has 0 radical (unpaired) electrons. The lowest BCUT2D eigenvalue weighted by molar-refractivity contribution is 0.893. The van der Waals surface area contributed by atoms with E-state index in [1.165, 1.54) is 24.0 Å². The van der Waals surface area contributed by atoms with E-state index in [9.17, 15) is 0 Å². The van der Waals surface area contributed by atoms with Crippen molar-refractivity contribution in [2.75, 3.05) is 0 Å². The average molecular weight is 201 g/mol. The number of halogens is 1. The molecule has 0 aliphatic carbocycles. The van der Waals surface area contributed by atoms with Gasteiger partial charge < -0.3 is 0 Å². The fourth-order valence-electron chi connectivity index (χ4n) is 1.24. The van der Waals surface area contributed by atoms with Crippen molar-refractivity contribution in [1.82, 2.24) is 0 Å². The van der Waals surface area contributed by atoms with Crippen LogP contribution in [0.1, 0.15) is 53.4 Å². The van der Waals surface area contributed by atoms with Crippen LogP contribution < -0.4 is 0 Å². The molecule has 0 heterocycles. The third-order valence-electron chi connectivity index (χ3n) is 2.16. The molecule has 0 N–H and O–H groups in total. The molecule has 0 aromatic heterocycles. The van der Waals surface area contributed by atoms with Gasteiger partial charge in [-0.3, -0.25) is 0 Å². The third-order valence-corrected chi connectivity index (χ3v) is 2.46. The molecule has 0 aliphatic heterocycles.